The second kappa shape index (κ2) is 8.85. The number of nitrogens with one attached hydrogen (secondary N) is 2. The van der Waals surface area contributed by atoms with E-state index in [1.165, 1.54) is 28.0 Å². The van der Waals surface area contributed by atoms with Gasteiger partial charge >= 0.3 is 0 Å². The molecule has 0 fully saturated rings. The summed E-state index contributed by atoms with van der Waals surface area (Å²) in [5.41, 5.74) is 4.37. The topological polar surface area (TPSA) is 54.0 Å². The number of rotatable bonds is 4. The lowest BCUT2D eigenvalue weighted by atomic mass is 9.98. The van der Waals surface area contributed by atoms with Crippen LogP contribution in [0.4, 0.5) is 5.13 Å². The smallest absolute Gasteiger partial charge is 0.257 e. The first-order valence-electron chi connectivity index (χ1n) is 8.50. The van der Waals surface area contributed by atoms with E-state index in [4.69, 9.17) is 11.6 Å². The molecule has 1 aliphatic rings. The predicted molar refractivity (Wildman–Crippen MR) is 113 cm³/mol. The molecule has 2 aromatic carbocycles. The van der Waals surface area contributed by atoms with Gasteiger partial charge in [-0.3, -0.25) is 10.1 Å². The summed E-state index contributed by atoms with van der Waals surface area (Å²) in [7, 11) is 0. The molecule has 1 amide bonds. The third-order valence-corrected chi connectivity index (χ3v) is 5.59. The highest BCUT2D eigenvalue weighted by Crippen LogP contribution is 2.23. The van der Waals surface area contributed by atoms with Crippen molar-refractivity contribution in [3.8, 4) is 0 Å². The molecule has 0 bridgehead atoms. The number of benzene rings is 2. The number of carbonyl (C=O) groups is 1. The third kappa shape index (κ3) is 4.87. The number of hydrogen-bond donors (Lipinski definition) is 2. The molecule has 27 heavy (non-hydrogen) atoms. The Morgan fingerprint density at radius 3 is 2.81 bits per heavy atom. The van der Waals surface area contributed by atoms with Gasteiger partial charge in [-0.25, -0.2) is 4.98 Å². The summed E-state index contributed by atoms with van der Waals surface area (Å²) < 4.78 is 0. The van der Waals surface area contributed by atoms with E-state index in [1.807, 2.05) is 48.7 Å². The minimum absolute atomic E-state index is 0. The summed E-state index contributed by atoms with van der Waals surface area (Å²) in [5.74, 6) is -0.112. The lowest BCUT2D eigenvalue weighted by molar-refractivity contribution is 0.102. The zero-order valence-electron chi connectivity index (χ0n) is 14.5. The van der Waals surface area contributed by atoms with Crippen LogP contribution in [0.1, 0.15) is 31.9 Å². The van der Waals surface area contributed by atoms with Gasteiger partial charge in [0, 0.05) is 34.6 Å². The largest absolute Gasteiger partial charge is 0.312 e. The molecule has 0 aliphatic carbocycles. The zero-order valence-corrected chi connectivity index (χ0v) is 16.9. The standard InChI is InChI=1S/C20H18ClN3OS.ClH/c21-17-5-1-13(2-6-17)9-18-12-23-20(26-18)24-19(25)15-3-4-16-11-22-8-7-14(16)10-15;/h1-6,10,12,22H,7-9,11H2,(H,23,24,25);1H. The molecule has 3 aromatic rings. The van der Waals surface area contributed by atoms with Crippen molar-refractivity contribution >= 4 is 46.4 Å². The molecule has 2 N–H and O–H groups in total. The molecule has 0 spiro atoms. The minimum Gasteiger partial charge on any atom is -0.312 e. The maximum Gasteiger partial charge on any atom is 0.257 e. The summed E-state index contributed by atoms with van der Waals surface area (Å²) in [5, 5.41) is 7.60. The van der Waals surface area contributed by atoms with Crippen LogP contribution in [0, 0.1) is 0 Å². The molecule has 7 heteroatoms. The van der Waals surface area contributed by atoms with Crippen LogP contribution in [0.15, 0.2) is 48.7 Å². The zero-order chi connectivity index (χ0) is 17.9. The van der Waals surface area contributed by atoms with Crippen LogP contribution in [0.5, 0.6) is 0 Å². The molecule has 4 rings (SSSR count). The highest BCUT2D eigenvalue weighted by Gasteiger charge is 2.14. The fourth-order valence-corrected chi connectivity index (χ4v) is 4.01. The number of hydrogen-bond acceptors (Lipinski definition) is 4. The van der Waals surface area contributed by atoms with Gasteiger partial charge in [-0.05, 0) is 53.9 Å². The normalized spacial score (nSPS) is 12.8. The monoisotopic (exact) mass is 419 g/mol. The van der Waals surface area contributed by atoms with E-state index in [-0.39, 0.29) is 18.3 Å². The summed E-state index contributed by atoms with van der Waals surface area (Å²) in [6, 6.07) is 13.7. The van der Waals surface area contributed by atoms with Crippen molar-refractivity contribution < 1.29 is 4.79 Å². The van der Waals surface area contributed by atoms with E-state index in [1.54, 1.807) is 0 Å². The van der Waals surface area contributed by atoms with Gasteiger partial charge < -0.3 is 5.32 Å². The molecule has 0 unspecified atom stereocenters. The van der Waals surface area contributed by atoms with Gasteiger partial charge in [0.1, 0.15) is 0 Å². The average molecular weight is 420 g/mol. The molecule has 4 nitrogen and oxygen atoms in total. The predicted octanol–water partition coefficient (Wildman–Crippen LogP) is 4.71. The minimum atomic E-state index is -0.112. The third-order valence-electron chi connectivity index (χ3n) is 4.42. The Kier molecular flexibility index (Phi) is 6.50. The van der Waals surface area contributed by atoms with Crippen LogP contribution in [-0.2, 0) is 19.4 Å². The van der Waals surface area contributed by atoms with E-state index in [0.29, 0.717) is 10.7 Å². The summed E-state index contributed by atoms with van der Waals surface area (Å²) >= 11 is 7.42. The van der Waals surface area contributed by atoms with Crippen LogP contribution in [-0.4, -0.2) is 17.4 Å². The number of anilines is 1. The Balaban J connectivity index is 0.00000210. The first-order chi connectivity index (χ1) is 12.7. The Bertz CT molecular complexity index is 941. The molecule has 2 heterocycles. The molecule has 1 aliphatic heterocycles. The van der Waals surface area contributed by atoms with Crippen molar-refractivity contribution in [1.29, 1.82) is 0 Å². The number of halogens is 2. The van der Waals surface area contributed by atoms with Gasteiger partial charge in [0.25, 0.3) is 5.91 Å². The molecular weight excluding hydrogens is 401 g/mol. The number of carbonyl (C=O) groups excluding carboxylic acids is 1. The summed E-state index contributed by atoms with van der Waals surface area (Å²) in [6.07, 6.45) is 3.54. The average Bonchev–Trinajstić information content (AvgIpc) is 3.10. The van der Waals surface area contributed by atoms with Crippen LogP contribution in [0.2, 0.25) is 5.02 Å². The highest BCUT2D eigenvalue weighted by atomic mass is 35.5. The molecule has 1 aromatic heterocycles. The molecule has 140 valence electrons. The summed E-state index contributed by atoms with van der Waals surface area (Å²) in [4.78, 5) is 18.0. The van der Waals surface area contributed by atoms with Crippen molar-refractivity contribution in [2.75, 3.05) is 11.9 Å². The second-order valence-corrected chi connectivity index (χ2v) is 7.85. The Labute approximate surface area is 173 Å². The SMILES string of the molecule is Cl.O=C(Nc1ncc(Cc2ccc(Cl)cc2)s1)c1ccc2c(c1)CCNC2. The quantitative estimate of drug-likeness (QED) is 0.643. The van der Waals surface area contributed by atoms with Crippen LogP contribution < -0.4 is 10.6 Å². The maximum atomic E-state index is 12.5. The Hall–Kier alpha value is -1.92. The van der Waals surface area contributed by atoms with Crippen molar-refractivity contribution in [3.05, 3.63) is 80.8 Å². The van der Waals surface area contributed by atoms with Crippen molar-refractivity contribution in [2.24, 2.45) is 0 Å². The number of thiazole rings is 1. The lowest BCUT2D eigenvalue weighted by Crippen LogP contribution is -2.24. The number of nitrogens with zero attached hydrogens (tertiary/aromatic N) is 1. The summed E-state index contributed by atoms with van der Waals surface area (Å²) in [6.45, 7) is 1.83. The van der Waals surface area contributed by atoms with Gasteiger partial charge in [0.05, 0.1) is 0 Å². The fourth-order valence-electron chi connectivity index (χ4n) is 3.04. The molecule has 0 saturated carbocycles. The Morgan fingerprint density at radius 1 is 1.19 bits per heavy atom. The van der Waals surface area contributed by atoms with E-state index < -0.39 is 0 Å². The molecular formula is C20H19Cl2N3OS. The maximum absolute atomic E-state index is 12.5. The van der Waals surface area contributed by atoms with Crippen LogP contribution >= 0.6 is 35.3 Å². The van der Waals surface area contributed by atoms with E-state index >= 15 is 0 Å². The van der Waals surface area contributed by atoms with E-state index in [9.17, 15) is 4.79 Å². The van der Waals surface area contributed by atoms with Crippen LogP contribution in [0.3, 0.4) is 0 Å². The lowest BCUT2D eigenvalue weighted by Gasteiger charge is -2.17. The van der Waals surface area contributed by atoms with Gasteiger partial charge in [0.15, 0.2) is 5.13 Å². The number of aromatic nitrogens is 1. The van der Waals surface area contributed by atoms with Crippen molar-refractivity contribution in [2.45, 2.75) is 19.4 Å². The molecule has 0 atom stereocenters. The van der Waals surface area contributed by atoms with Crippen LogP contribution in [0.25, 0.3) is 0 Å². The van der Waals surface area contributed by atoms with Gasteiger partial charge in [-0.15, -0.1) is 23.7 Å². The fraction of sp³-hybridized carbons (Fsp3) is 0.200. The van der Waals surface area contributed by atoms with E-state index in [2.05, 4.69) is 15.6 Å². The number of fused-ring (bicyclic) bond motifs is 1. The van der Waals surface area contributed by atoms with E-state index in [0.717, 1.165) is 35.8 Å². The van der Waals surface area contributed by atoms with Gasteiger partial charge in [-0.2, -0.15) is 0 Å². The second-order valence-electron chi connectivity index (χ2n) is 6.30. The van der Waals surface area contributed by atoms with Crippen molar-refractivity contribution in [3.63, 3.8) is 0 Å². The number of amides is 1. The first-order valence-corrected chi connectivity index (χ1v) is 9.70. The molecule has 0 radical (unpaired) electrons. The van der Waals surface area contributed by atoms with Gasteiger partial charge in [0.2, 0.25) is 0 Å². The first kappa shape index (κ1) is 19.8. The van der Waals surface area contributed by atoms with Gasteiger partial charge in [-0.1, -0.05) is 29.8 Å². The Morgan fingerprint density at radius 2 is 2.00 bits per heavy atom. The highest BCUT2D eigenvalue weighted by molar-refractivity contribution is 7.15. The molecule has 0 saturated heterocycles. The van der Waals surface area contributed by atoms with Crippen molar-refractivity contribution in [1.82, 2.24) is 10.3 Å².